The molecule has 0 saturated heterocycles. The van der Waals surface area contributed by atoms with E-state index in [0.717, 1.165) is 12.5 Å². The third-order valence-electron chi connectivity index (χ3n) is 3.98. The van der Waals surface area contributed by atoms with Gasteiger partial charge in [-0.05, 0) is 42.8 Å². The zero-order chi connectivity index (χ0) is 22.1. The summed E-state index contributed by atoms with van der Waals surface area (Å²) in [4.78, 5) is 35.7. The number of Topliss-reactive ketones (excluding diaryl/α,β-unsaturated/α-hetero) is 1. The minimum atomic E-state index is -1.71. The van der Waals surface area contributed by atoms with Crippen molar-refractivity contribution in [3.05, 3.63) is 59.4 Å². The minimum absolute atomic E-state index is 0.0690. The molecule has 0 bridgehead atoms. The summed E-state index contributed by atoms with van der Waals surface area (Å²) >= 11 is 0. The fraction of sp³-hybridized carbons (Fsp3) is 0.286. The van der Waals surface area contributed by atoms with Gasteiger partial charge in [0, 0.05) is 18.4 Å². The molecule has 6 nitrogen and oxygen atoms in total. The maximum absolute atomic E-state index is 13.5. The molecule has 0 spiro atoms. The Hall–Kier alpha value is -3.36. The fourth-order valence-corrected chi connectivity index (χ4v) is 2.41. The van der Waals surface area contributed by atoms with Crippen LogP contribution in [0.4, 0.5) is 18.9 Å². The van der Waals surface area contributed by atoms with Gasteiger partial charge < -0.3 is 15.4 Å². The number of halogens is 3. The molecule has 2 rings (SSSR count). The van der Waals surface area contributed by atoms with Crippen LogP contribution in [0.5, 0.6) is 5.75 Å². The average Bonchev–Trinajstić information content (AvgIpc) is 2.75. The Morgan fingerprint density at radius 2 is 1.60 bits per heavy atom. The third kappa shape index (κ3) is 6.61. The third-order valence-corrected chi connectivity index (χ3v) is 3.98. The van der Waals surface area contributed by atoms with Crippen molar-refractivity contribution >= 4 is 23.3 Å². The van der Waals surface area contributed by atoms with Crippen LogP contribution in [-0.4, -0.2) is 30.7 Å². The van der Waals surface area contributed by atoms with Crippen LogP contribution >= 0.6 is 0 Å². The highest BCUT2D eigenvalue weighted by Gasteiger charge is 2.16. The summed E-state index contributed by atoms with van der Waals surface area (Å²) in [6.45, 7) is 2.03. The van der Waals surface area contributed by atoms with Gasteiger partial charge in [-0.15, -0.1) is 0 Å². The molecule has 0 aromatic heterocycles. The summed E-state index contributed by atoms with van der Waals surface area (Å²) < 4.78 is 45.0. The van der Waals surface area contributed by atoms with Crippen LogP contribution in [0.1, 0.15) is 36.5 Å². The SMILES string of the molecule is CCCOc1ccc(C(=O)CCC(=O)NCC(=O)Nc2ccc(F)c(F)c2F)cc1. The van der Waals surface area contributed by atoms with E-state index in [9.17, 15) is 27.6 Å². The van der Waals surface area contributed by atoms with E-state index in [1.54, 1.807) is 24.3 Å². The molecule has 0 aliphatic rings. The van der Waals surface area contributed by atoms with Gasteiger partial charge in [0.05, 0.1) is 18.8 Å². The number of carbonyl (C=O) groups is 3. The normalized spacial score (nSPS) is 10.4. The van der Waals surface area contributed by atoms with Crippen LogP contribution in [0.3, 0.4) is 0 Å². The number of hydrogen-bond donors (Lipinski definition) is 2. The second kappa shape index (κ2) is 11.0. The standard InChI is InChI=1S/C21H21F3N2O4/c1-2-11-30-14-5-3-13(4-6-14)17(27)9-10-18(28)25-12-19(29)26-16-8-7-15(22)20(23)21(16)24/h3-8H,2,9-12H2,1H3,(H,25,28)(H,26,29). The fourth-order valence-electron chi connectivity index (χ4n) is 2.41. The maximum Gasteiger partial charge on any atom is 0.243 e. The first-order valence-electron chi connectivity index (χ1n) is 9.28. The van der Waals surface area contributed by atoms with Gasteiger partial charge in [-0.25, -0.2) is 13.2 Å². The number of benzene rings is 2. The summed E-state index contributed by atoms with van der Waals surface area (Å²) in [5, 5.41) is 4.30. The Balaban J connectivity index is 1.76. The number of amides is 2. The lowest BCUT2D eigenvalue weighted by molar-refractivity contribution is -0.124. The Bertz CT molecular complexity index is 917. The lowest BCUT2D eigenvalue weighted by atomic mass is 10.1. The molecule has 0 atom stereocenters. The quantitative estimate of drug-likeness (QED) is 0.453. The highest BCUT2D eigenvalue weighted by atomic mass is 19.2. The van der Waals surface area contributed by atoms with Gasteiger partial charge in [0.25, 0.3) is 0 Å². The van der Waals surface area contributed by atoms with E-state index in [0.29, 0.717) is 24.0 Å². The topological polar surface area (TPSA) is 84.5 Å². The van der Waals surface area contributed by atoms with Crippen LogP contribution < -0.4 is 15.4 Å². The molecule has 160 valence electrons. The highest BCUT2D eigenvalue weighted by molar-refractivity contribution is 5.99. The van der Waals surface area contributed by atoms with E-state index < -0.39 is 41.5 Å². The van der Waals surface area contributed by atoms with E-state index in [2.05, 4.69) is 5.32 Å². The van der Waals surface area contributed by atoms with Crippen LogP contribution in [0.25, 0.3) is 0 Å². The Labute approximate surface area is 171 Å². The monoisotopic (exact) mass is 422 g/mol. The van der Waals surface area contributed by atoms with E-state index in [-0.39, 0.29) is 18.6 Å². The number of hydrogen-bond acceptors (Lipinski definition) is 4. The van der Waals surface area contributed by atoms with Gasteiger partial charge in [0.15, 0.2) is 23.2 Å². The van der Waals surface area contributed by atoms with Crippen molar-refractivity contribution in [2.24, 2.45) is 0 Å². The molecule has 2 N–H and O–H groups in total. The van der Waals surface area contributed by atoms with Crippen LogP contribution in [0, 0.1) is 17.5 Å². The van der Waals surface area contributed by atoms with Gasteiger partial charge in [0.2, 0.25) is 11.8 Å². The molecule has 9 heteroatoms. The summed E-state index contributed by atoms with van der Waals surface area (Å²) in [6.07, 6.45) is 0.643. The zero-order valence-electron chi connectivity index (χ0n) is 16.3. The highest BCUT2D eigenvalue weighted by Crippen LogP contribution is 2.19. The molecule has 30 heavy (non-hydrogen) atoms. The maximum atomic E-state index is 13.5. The predicted octanol–water partition coefficient (Wildman–Crippen LogP) is 3.61. The second-order valence-corrected chi connectivity index (χ2v) is 6.34. The van der Waals surface area contributed by atoms with Gasteiger partial charge in [-0.1, -0.05) is 6.92 Å². The number of ether oxygens (including phenoxy) is 1. The Morgan fingerprint density at radius 1 is 0.900 bits per heavy atom. The smallest absolute Gasteiger partial charge is 0.243 e. The van der Waals surface area contributed by atoms with Crippen LogP contribution in [-0.2, 0) is 9.59 Å². The summed E-state index contributed by atoms with van der Waals surface area (Å²) in [5.41, 5.74) is -0.118. The van der Waals surface area contributed by atoms with Gasteiger partial charge in [-0.3, -0.25) is 14.4 Å². The van der Waals surface area contributed by atoms with Crippen molar-refractivity contribution in [3.63, 3.8) is 0 Å². The molecule has 0 unspecified atom stereocenters. The van der Waals surface area contributed by atoms with Crippen LogP contribution in [0.2, 0.25) is 0 Å². The summed E-state index contributed by atoms with van der Waals surface area (Å²) in [6, 6.07) is 8.09. The number of carbonyl (C=O) groups excluding carboxylic acids is 3. The van der Waals surface area contributed by atoms with E-state index in [1.807, 2.05) is 12.2 Å². The van der Waals surface area contributed by atoms with Gasteiger partial charge in [0.1, 0.15) is 5.75 Å². The molecule has 0 heterocycles. The molecule has 0 radical (unpaired) electrons. The van der Waals surface area contributed by atoms with E-state index >= 15 is 0 Å². The Kier molecular flexibility index (Phi) is 8.40. The molecule has 0 saturated carbocycles. The first kappa shape index (κ1) is 22.9. The lowest BCUT2D eigenvalue weighted by Gasteiger charge is -2.09. The van der Waals surface area contributed by atoms with E-state index in [4.69, 9.17) is 4.74 Å². The van der Waals surface area contributed by atoms with E-state index in [1.165, 1.54) is 0 Å². The number of nitrogens with one attached hydrogen (secondary N) is 2. The molecule has 0 aliphatic heterocycles. The molecular formula is C21H21F3N2O4. The molecular weight excluding hydrogens is 401 g/mol. The first-order valence-corrected chi connectivity index (χ1v) is 9.28. The number of ketones is 1. The molecule has 2 aromatic rings. The zero-order valence-corrected chi connectivity index (χ0v) is 16.3. The van der Waals surface area contributed by atoms with Gasteiger partial charge >= 0.3 is 0 Å². The van der Waals surface area contributed by atoms with Crippen molar-refractivity contribution in [2.75, 3.05) is 18.5 Å². The summed E-state index contributed by atoms with van der Waals surface area (Å²) in [5.74, 6) is -5.62. The van der Waals surface area contributed by atoms with Crippen molar-refractivity contribution in [3.8, 4) is 5.75 Å². The molecule has 2 aromatic carbocycles. The lowest BCUT2D eigenvalue weighted by Crippen LogP contribution is -2.33. The Morgan fingerprint density at radius 3 is 2.27 bits per heavy atom. The van der Waals surface area contributed by atoms with Crippen molar-refractivity contribution in [1.29, 1.82) is 0 Å². The van der Waals surface area contributed by atoms with Gasteiger partial charge in [-0.2, -0.15) is 0 Å². The second-order valence-electron chi connectivity index (χ2n) is 6.34. The molecule has 0 fully saturated rings. The minimum Gasteiger partial charge on any atom is -0.494 e. The number of anilines is 1. The predicted molar refractivity (Wildman–Crippen MR) is 104 cm³/mol. The number of rotatable bonds is 10. The molecule has 2 amide bonds. The first-order chi connectivity index (χ1) is 14.3. The van der Waals surface area contributed by atoms with Crippen molar-refractivity contribution in [2.45, 2.75) is 26.2 Å². The van der Waals surface area contributed by atoms with Crippen molar-refractivity contribution in [1.82, 2.24) is 5.32 Å². The summed E-state index contributed by atoms with van der Waals surface area (Å²) in [7, 11) is 0. The van der Waals surface area contributed by atoms with Crippen molar-refractivity contribution < 1.29 is 32.3 Å². The largest absolute Gasteiger partial charge is 0.494 e. The average molecular weight is 422 g/mol. The van der Waals surface area contributed by atoms with Crippen LogP contribution in [0.15, 0.2) is 36.4 Å². The molecule has 0 aliphatic carbocycles.